The second-order valence-electron chi connectivity index (χ2n) is 4.24. The highest BCUT2D eigenvalue weighted by Crippen LogP contribution is 2.31. The average molecular weight is 267 g/mol. The van der Waals surface area contributed by atoms with Gasteiger partial charge in [0.05, 0.1) is 14.2 Å². The number of methoxy groups -OCH3 is 2. The SMILES string of the molecule is CNC(CCCC(=O)O)c1ccc(OC)cc1OC. The predicted molar refractivity (Wildman–Crippen MR) is 72.8 cm³/mol. The zero-order valence-corrected chi connectivity index (χ0v) is 11.6. The van der Waals surface area contributed by atoms with Crippen LogP contribution in [-0.4, -0.2) is 32.3 Å². The van der Waals surface area contributed by atoms with Gasteiger partial charge in [-0.05, 0) is 26.0 Å². The molecule has 0 heterocycles. The first-order chi connectivity index (χ1) is 9.12. The number of carboxylic acids is 1. The molecule has 0 radical (unpaired) electrons. The van der Waals surface area contributed by atoms with Gasteiger partial charge >= 0.3 is 5.97 Å². The van der Waals surface area contributed by atoms with Crippen LogP contribution in [-0.2, 0) is 4.79 Å². The lowest BCUT2D eigenvalue weighted by Gasteiger charge is -2.19. The third kappa shape index (κ3) is 4.44. The molecule has 5 heteroatoms. The summed E-state index contributed by atoms with van der Waals surface area (Å²) in [6.07, 6.45) is 1.54. The molecule has 1 aromatic rings. The van der Waals surface area contributed by atoms with Gasteiger partial charge in [-0.25, -0.2) is 0 Å². The van der Waals surface area contributed by atoms with Crippen LogP contribution in [0.3, 0.4) is 0 Å². The molecule has 1 aromatic carbocycles. The van der Waals surface area contributed by atoms with Crippen molar-refractivity contribution in [2.75, 3.05) is 21.3 Å². The largest absolute Gasteiger partial charge is 0.497 e. The Labute approximate surface area is 113 Å². The minimum Gasteiger partial charge on any atom is -0.497 e. The Morgan fingerprint density at radius 2 is 2.11 bits per heavy atom. The molecule has 5 nitrogen and oxygen atoms in total. The summed E-state index contributed by atoms with van der Waals surface area (Å²) in [4.78, 5) is 10.6. The third-order valence-corrected chi connectivity index (χ3v) is 3.05. The van der Waals surface area contributed by atoms with Crippen molar-refractivity contribution in [3.05, 3.63) is 23.8 Å². The number of aliphatic carboxylic acids is 1. The Morgan fingerprint density at radius 1 is 1.37 bits per heavy atom. The summed E-state index contributed by atoms with van der Waals surface area (Å²) < 4.78 is 10.5. The molecule has 0 aromatic heterocycles. The molecule has 0 fully saturated rings. The van der Waals surface area contributed by atoms with E-state index >= 15 is 0 Å². The van der Waals surface area contributed by atoms with Crippen molar-refractivity contribution in [1.29, 1.82) is 0 Å². The first-order valence-electron chi connectivity index (χ1n) is 6.23. The quantitative estimate of drug-likeness (QED) is 0.756. The highest BCUT2D eigenvalue weighted by molar-refractivity contribution is 5.66. The van der Waals surface area contributed by atoms with Crippen LogP contribution in [0.5, 0.6) is 11.5 Å². The van der Waals surface area contributed by atoms with E-state index in [1.165, 1.54) is 0 Å². The van der Waals surface area contributed by atoms with Crippen LogP contribution in [0.2, 0.25) is 0 Å². The smallest absolute Gasteiger partial charge is 0.303 e. The van der Waals surface area contributed by atoms with Crippen molar-refractivity contribution >= 4 is 5.97 Å². The van der Waals surface area contributed by atoms with Gasteiger partial charge < -0.3 is 19.9 Å². The molecule has 106 valence electrons. The van der Waals surface area contributed by atoms with Crippen molar-refractivity contribution in [3.8, 4) is 11.5 Å². The standard InChI is InChI=1S/C14H21NO4/c1-15-12(5-4-6-14(16)17)11-8-7-10(18-2)9-13(11)19-3/h7-9,12,15H,4-6H2,1-3H3,(H,16,17). The number of rotatable bonds is 8. The lowest BCUT2D eigenvalue weighted by molar-refractivity contribution is -0.137. The Bertz CT molecular complexity index is 420. The second-order valence-corrected chi connectivity index (χ2v) is 4.24. The van der Waals surface area contributed by atoms with Crippen LogP contribution in [0.1, 0.15) is 30.9 Å². The summed E-state index contributed by atoms with van der Waals surface area (Å²) in [5, 5.41) is 11.9. The maximum atomic E-state index is 10.6. The lowest BCUT2D eigenvalue weighted by atomic mass is 10.00. The molecule has 0 aliphatic heterocycles. The van der Waals surface area contributed by atoms with Gasteiger partial charge in [-0.3, -0.25) is 4.79 Å². The molecule has 0 saturated carbocycles. The summed E-state index contributed by atoms with van der Waals surface area (Å²) >= 11 is 0. The number of carbonyl (C=O) groups is 1. The van der Waals surface area contributed by atoms with E-state index in [1.54, 1.807) is 14.2 Å². The normalized spacial score (nSPS) is 11.9. The molecule has 1 rings (SSSR count). The number of hydrogen-bond donors (Lipinski definition) is 2. The number of hydrogen-bond acceptors (Lipinski definition) is 4. The van der Waals surface area contributed by atoms with Crippen LogP contribution >= 0.6 is 0 Å². The first-order valence-corrected chi connectivity index (χ1v) is 6.23. The van der Waals surface area contributed by atoms with Crippen molar-refractivity contribution in [3.63, 3.8) is 0 Å². The van der Waals surface area contributed by atoms with Crippen molar-refractivity contribution in [2.45, 2.75) is 25.3 Å². The van der Waals surface area contributed by atoms with Gasteiger partial charge in [0.2, 0.25) is 0 Å². The maximum Gasteiger partial charge on any atom is 0.303 e. The van der Waals surface area contributed by atoms with Crippen LogP contribution in [0.4, 0.5) is 0 Å². The fourth-order valence-corrected chi connectivity index (χ4v) is 2.02. The monoisotopic (exact) mass is 267 g/mol. The van der Waals surface area contributed by atoms with E-state index in [9.17, 15) is 4.79 Å². The number of benzene rings is 1. The Hall–Kier alpha value is -1.75. The molecule has 0 aliphatic rings. The van der Waals surface area contributed by atoms with E-state index in [-0.39, 0.29) is 12.5 Å². The molecule has 0 aliphatic carbocycles. The van der Waals surface area contributed by atoms with Gasteiger partial charge in [0.25, 0.3) is 0 Å². The van der Waals surface area contributed by atoms with E-state index < -0.39 is 5.97 Å². The van der Waals surface area contributed by atoms with Gasteiger partial charge in [0.15, 0.2) is 0 Å². The van der Waals surface area contributed by atoms with E-state index in [0.717, 1.165) is 23.5 Å². The fourth-order valence-electron chi connectivity index (χ4n) is 2.02. The van der Waals surface area contributed by atoms with Gasteiger partial charge in [-0.1, -0.05) is 6.07 Å². The van der Waals surface area contributed by atoms with Crippen LogP contribution in [0.15, 0.2) is 18.2 Å². The summed E-state index contributed by atoms with van der Waals surface area (Å²) in [6.45, 7) is 0. The minimum absolute atomic E-state index is 0.0696. The average Bonchev–Trinajstić information content (AvgIpc) is 2.42. The Balaban J connectivity index is 2.82. The molecule has 0 saturated heterocycles. The minimum atomic E-state index is -0.767. The zero-order chi connectivity index (χ0) is 14.3. The Kier molecular flexibility index (Phi) is 6.15. The molecule has 0 bridgehead atoms. The topological polar surface area (TPSA) is 67.8 Å². The van der Waals surface area contributed by atoms with Crippen molar-refractivity contribution in [2.24, 2.45) is 0 Å². The first kappa shape index (κ1) is 15.3. The molecule has 1 atom stereocenters. The fraction of sp³-hybridized carbons (Fsp3) is 0.500. The Morgan fingerprint density at radius 3 is 2.63 bits per heavy atom. The number of carboxylic acid groups (broad SMARTS) is 1. The van der Waals surface area contributed by atoms with Crippen LogP contribution < -0.4 is 14.8 Å². The van der Waals surface area contributed by atoms with Crippen molar-refractivity contribution in [1.82, 2.24) is 5.32 Å². The maximum absolute atomic E-state index is 10.6. The number of nitrogens with one attached hydrogen (secondary N) is 1. The predicted octanol–water partition coefficient (Wildman–Crippen LogP) is 2.22. The molecule has 2 N–H and O–H groups in total. The molecule has 19 heavy (non-hydrogen) atoms. The lowest BCUT2D eigenvalue weighted by Crippen LogP contribution is -2.17. The second kappa shape index (κ2) is 7.63. The van der Waals surface area contributed by atoms with E-state index in [4.69, 9.17) is 14.6 Å². The third-order valence-electron chi connectivity index (χ3n) is 3.05. The molecule has 0 amide bonds. The van der Waals surface area contributed by atoms with Crippen molar-refractivity contribution < 1.29 is 19.4 Å². The molecular formula is C14H21NO4. The van der Waals surface area contributed by atoms with E-state index in [2.05, 4.69) is 5.32 Å². The zero-order valence-electron chi connectivity index (χ0n) is 11.6. The highest BCUT2D eigenvalue weighted by atomic mass is 16.5. The van der Waals surface area contributed by atoms with Crippen LogP contribution in [0.25, 0.3) is 0 Å². The summed E-state index contributed by atoms with van der Waals surface area (Å²) in [6, 6.07) is 5.72. The molecule has 0 spiro atoms. The van der Waals surface area contributed by atoms with E-state index in [0.29, 0.717) is 6.42 Å². The van der Waals surface area contributed by atoms with Gasteiger partial charge in [-0.15, -0.1) is 0 Å². The van der Waals surface area contributed by atoms with Gasteiger partial charge in [0, 0.05) is 24.1 Å². The summed E-state index contributed by atoms with van der Waals surface area (Å²) in [7, 11) is 5.08. The summed E-state index contributed by atoms with van der Waals surface area (Å²) in [5.74, 6) is 0.714. The van der Waals surface area contributed by atoms with Crippen LogP contribution in [0, 0.1) is 0 Å². The number of ether oxygens (including phenoxy) is 2. The highest BCUT2D eigenvalue weighted by Gasteiger charge is 2.15. The molecule has 1 unspecified atom stereocenters. The molecular weight excluding hydrogens is 246 g/mol. The van der Waals surface area contributed by atoms with Gasteiger partial charge in [-0.2, -0.15) is 0 Å². The van der Waals surface area contributed by atoms with E-state index in [1.807, 2.05) is 25.2 Å². The van der Waals surface area contributed by atoms with Gasteiger partial charge in [0.1, 0.15) is 11.5 Å². The summed E-state index contributed by atoms with van der Waals surface area (Å²) in [5.41, 5.74) is 1.01.